The maximum Gasteiger partial charge on any atom is 0.119 e. The molecule has 0 aliphatic carbocycles. The fourth-order valence-electron chi connectivity index (χ4n) is 2.00. The summed E-state index contributed by atoms with van der Waals surface area (Å²) in [6.45, 7) is 5.75. The molecule has 0 saturated heterocycles. The van der Waals surface area contributed by atoms with Crippen molar-refractivity contribution in [2.75, 3.05) is 32.1 Å². The van der Waals surface area contributed by atoms with Crippen LogP contribution in [0.4, 0.5) is 0 Å². The highest BCUT2D eigenvalue weighted by molar-refractivity contribution is 7.98. The molecule has 0 aliphatic rings. The van der Waals surface area contributed by atoms with Crippen molar-refractivity contribution in [2.24, 2.45) is 5.73 Å². The number of benzene rings is 1. The average molecular weight is 282 g/mol. The number of hydrogen-bond acceptors (Lipinski definition) is 4. The van der Waals surface area contributed by atoms with E-state index in [1.807, 2.05) is 37.7 Å². The molecule has 2 N–H and O–H groups in total. The van der Waals surface area contributed by atoms with Gasteiger partial charge < -0.3 is 10.5 Å². The van der Waals surface area contributed by atoms with E-state index in [0.717, 1.165) is 18.0 Å². The maximum absolute atomic E-state index is 5.92. The molecule has 0 aromatic heterocycles. The summed E-state index contributed by atoms with van der Waals surface area (Å²) in [6, 6.07) is 8.57. The van der Waals surface area contributed by atoms with Gasteiger partial charge in [0, 0.05) is 24.9 Å². The van der Waals surface area contributed by atoms with Gasteiger partial charge in [-0.3, -0.25) is 4.90 Å². The fraction of sp³-hybridized carbons (Fsp3) is 0.600. The van der Waals surface area contributed by atoms with Crippen molar-refractivity contribution in [3.63, 3.8) is 0 Å². The van der Waals surface area contributed by atoms with Gasteiger partial charge >= 0.3 is 0 Å². The molecule has 1 atom stereocenters. The van der Waals surface area contributed by atoms with Gasteiger partial charge in [0.25, 0.3) is 0 Å². The average Bonchev–Trinajstić information content (AvgIpc) is 2.38. The Balaban J connectivity index is 2.70. The van der Waals surface area contributed by atoms with Gasteiger partial charge in [0.15, 0.2) is 0 Å². The highest BCUT2D eigenvalue weighted by Crippen LogP contribution is 2.22. The van der Waals surface area contributed by atoms with Crippen LogP contribution in [-0.4, -0.2) is 43.1 Å². The molecule has 0 fully saturated rings. The Morgan fingerprint density at radius 1 is 1.26 bits per heavy atom. The molecule has 19 heavy (non-hydrogen) atoms. The Hall–Kier alpha value is -0.710. The number of thioether (sulfide) groups is 1. The van der Waals surface area contributed by atoms with Crippen molar-refractivity contribution in [1.82, 2.24) is 4.90 Å². The van der Waals surface area contributed by atoms with Crippen LogP contribution in [-0.2, 0) is 0 Å². The Kier molecular flexibility index (Phi) is 7.28. The first-order chi connectivity index (χ1) is 9.08. The van der Waals surface area contributed by atoms with Crippen LogP contribution in [0.1, 0.15) is 25.5 Å². The van der Waals surface area contributed by atoms with Crippen molar-refractivity contribution in [3.05, 3.63) is 29.8 Å². The topological polar surface area (TPSA) is 38.5 Å². The van der Waals surface area contributed by atoms with Crippen LogP contribution in [0.2, 0.25) is 0 Å². The first-order valence-electron chi connectivity index (χ1n) is 6.74. The van der Waals surface area contributed by atoms with Gasteiger partial charge in [-0.1, -0.05) is 12.1 Å². The lowest BCUT2D eigenvalue weighted by Crippen LogP contribution is -2.32. The van der Waals surface area contributed by atoms with E-state index < -0.39 is 0 Å². The lowest BCUT2D eigenvalue weighted by molar-refractivity contribution is 0.241. The standard InChI is InChI=1S/C15H26N2OS/c1-12(2)18-14-7-5-13(6-8-14)15(11-16)17(3)9-10-19-4/h5-8,12,15H,9-11,16H2,1-4H3. The summed E-state index contributed by atoms with van der Waals surface area (Å²) in [7, 11) is 2.13. The Labute approximate surface area is 121 Å². The summed E-state index contributed by atoms with van der Waals surface area (Å²) >= 11 is 1.86. The Bertz CT molecular complexity index is 354. The summed E-state index contributed by atoms with van der Waals surface area (Å²) < 4.78 is 5.66. The molecule has 0 bridgehead atoms. The van der Waals surface area contributed by atoms with Crippen LogP contribution >= 0.6 is 11.8 Å². The maximum atomic E-state index is 5.92. The quantitative estimate of drug-likeness (QED) is 0.796. The first kappa shape index (κ1) is 16.3. The van der Waals surface area contributed by atoms with E-state index >= 15 is 0 Å². The van der Waals surface area contributed by atoms with E-state index in [2.05, 4.69) is 30.3 Å². The third-order valence-corrected chi connectivity index (χ3v) is 3.63. The molecule has 0 saturated carbocycles. The molecule has 4 heteroatoms. The molecule has 1 aromatic rings. The first-order valence-corrected chi connectivity index (χ1v) is 8.13. The minimum absolute atomic E-state index is 0.209. The minimum Gasteiger partial charge on any atom is -0.491 e. The van der Waals surface area contributed by atoms with Crippen LogP contribution in [0, 0.1) is 0 Å². The zero-order chi connectivity index (χ0) is 14.3. The van der Waals surface area contributed by atoms with Gasteiger partial charge in [-0.25, -0.2) is 0 Å². The molecule has 0 amide bonds. The van der Waals surface area contributed by atoms with E-state index in [0.29, 0.717) is 6.54 Å². The van der Waals surface area contributed by atoms with Crippen molar-refractivity contribution in [3.8, 4) is 5.75 Å². The van der Waals surface area contributed by atoms with E-state index in [1.165, 1.54) is 5.56 Å². The van der Waals surface area contributed by atoms with Gasteiger partial charge in [-0.15, -0.1) is 0 Å². The molecular weight excluding hydrogens is 256 g/mol. The minimum atomic E-state index is 0.209. The molecule has 1 aromatic carbocycles. The van der Waals surface area contributed by atoms with Crippen molar-refractivity contribution in [2.45, 2.75) is 26.0 Å². The summed E-state index contributed by atoms with van der Waals surface area (Å²) in [6.07, 6.45) is 2.34. The summed E-state index contributed by atoms with van der Waals surface area (Å²) in [5.74, 6) is 2.04. The molecule has 1 unspecified atom stereocenters. The predicted molar refractivity (Wildman–Crippen MR) is 85.0 cm³/mol. The van der Waals surface area contributed by atoms with E-state index in [9.17, 15) is 0 Å². The Morgan fingerprint density at radius 2 is 1.89 bits per heavy atom. The number of nitrogens with zero attached hydrogens (tertiary/aromatic N) is 1. The molecule has 108 valence electrons. The van der Waals surface area contributed by atoms with Crippen molar-refractivity contribution < 1.29 is 4.74 Å². The number of hydrogen-bond donors (Lipinski definition) is 1. The van der Waals surface area contributed by atoms with Gasteiger partial charge in [-0.2, -0.15) is 11.8 Å². The number of rotatable bonds is 8. The molecule has 0 radical (unpaired) electrons. The van der Waals surface area contributed by atoms with Crippen molar-refractivity contribution >= 4 is 11.8 Å². The lowest BCUT2D eigenvalue weighted by atomic mass is 10.1. The molecule has 0 spiro atoms. The second kappa shape index (κ2) is 8.46. The van der Waals surface area contributed by atoms with Crippen LogP contribution in [0.15, 0.2) is 24.3 Å². The highest BCUT2D eigenvalue weighted by Gasteiger charge is 2.15. The molecule has 0 aliphatic heterocycles. The number of nitrogens with two attached hydrogens (primary N) is 1. The largest absolute Gasteiger partial charge is 0.491 e. The van der Waals surface area contributed by atoms with Gasteiger partial charge in [0.2, 0.25) is 0 Å². The normalized spacial score (nSPS) is 13.0. The summed E-state index contributed by atoms with van der Waals surface area (Å²) in [5.41, 5.74) is 7.17. The predicted octanol–water partition coefficient (Wildman–Crippen LogP) is 2.77. The van der Waals surface area contributed by atoms with Gasteiger partial charge in [0.1, 0.15) is 5.75 Å². The van der Waals surface area contributed by atoms with E-state index in [4.69, 9.17) is 10.5 Å². The molecule has 1 rings (SSSR count). The number of ether oxygens (including phenoxy) is 1. The second-order valence-corrected chi connectivity index (χ2v) is 5.95. The van der Waals surface area contributed by atoms with E-state index in [-0.39, 0.29) is 12.1 Å². The fourth-order valence-corrected chi connectivity index (χ4v) is 2.47. The lowest BCUT2D eigenvalue weighted by Gasteiger charge is -2.27. The number of likely N-dealkylation sites (N-methyl/N-ethyl adjacent to an activating group) is 1. The smallest absolute Gasteiger partial charge is 0.119 e. The highest BCUT2D eigenvalue weighted by atomic mass is 32.2. The van der Waals surface area contributed by atoms with Crippen LogP contribution in [0.5, 0.6) is 5.75 Å². The molecular formula is C15H26N2OS. The van der Waals surface area contributed by atoms with E-state index in [1.54, 1.807) is 0 Å². The third-order valence-electron chi connectivity index (χ3n) is 3.04. The van der Waals surface area contributed by atoms with Crippen molar-refractivity contribution in [1.29, 1.82) is 0 Å². The third kappa shape index (κ3) is 5.43. The summed E-state index contributed by atoms with van der Waals surface area (Å²) in [4.78, 5) is 2.31. The van der Waals surface area contributed by atoms with Crippen LogP contribution < -0.4 is 10.5 Å². The second-order valence-electron chi connectivity index (χ2n) is 4.96. The molecule has 3 nitrogen and oxygen atoms in total. The van der Waals surface area contributed by atoms with Gasteiger partial charge in [0.05, 0.1) is 6.10 Å². The zero-order valence-corrected chi connectivity index (χ0v) is 13.2. The van der Waals surface area contributed by atoms with Crippen LogP contribution in [0.25, 0.3) is 0 Å². The Morgan fingerprint density at radius 3 is 2.37 bits per heavy atom. The van der Waals surface area contributed by atoms with Gasteiger partial charge in [-0.05, 0) is 44.8 Å². The molecule has 0 heterocycles. The SMILES string of the molecule is CSCCN(C)C(CN)c1ccc(OC(C)C)cc1. The zero-order valence-electron chi connectivity index (χ0n) is 12.4. The van der Waals surface area contributed by atoms with Crippen LogP contribution in [0.3, 0.4) is 0 Å². The summed E-state index contributed by atoms with van der Waals surface area (Å²) in [5, 5.41) is 0. The monoisotopic (exact) mass is 282 g/mol.